The average Bonchev–Trinajstić information content (AvgIpc) is 2.81. The third kappa shape index (κ3) is 3.09. The molecular weight excluding hydrogens is 210 g/mol. The van der Waals surface area contributed by atoms with Gasteiger partial charge in [0.25, 0.3) is 0 Å². The quantitative estimate of drug-likeness (QED) is 0.841. The summed E-state index contributed by atoms with van der Waals surface area (Å²) >= 11 is 0. The summed E-state index contributed by atoms with van der Waals surface area (Å²) in [7, 11) is 0. The number of H-pyrrole nitrogens is 1. The van der Waals surface area contributed by atoms with E-state index in [9.17, 15) is 0 Å². The van der Waals surface area contributed by atoms with Gasteiger partial charge in [0.2, 0.25) is 0 Å². The first kappa shape index (κ1) is 12.6. The maximum Gasteiger partial charge on any atom is 0.123 e. The molecule has 0 bridgehead atoms. The van der Waals surface area contributed by atoms with E-state index in [1.54, 1.807) is 0 Å². The first-order chi connectivity index (χ1) is 8.20. The Bertz CT molecular complexity index is 320. The third-order valence-corrected chi connectivity index (χ3v) is 4.10. The molecule has 0 radical (unpaired) electrons. The first-order valence-electron chi connectivity index (χ1n) is 6.96. The van der Waals surface area contributed by atoms with Crippen molar-refractivity contribution in [3.05, 3.63) is 18.2 Å². The lowest BCUT2D eigenvalue weighted by Gasteiger charge is -2.35. The third-order valence-electron chi connectivity index (χ3n) is 4.10. The molecule has 2 N–H and O–H groups in total. The maximum atomic E-state index is 4.37. The molecule has 3 nitrogen and oxygen atoms in total. The Kier molecular flexibility index (Phi) is 4.21. The van der Waals surface area contributed by atoms with Gasteiger partial charge in [-0.25, -0.2) is 4.98 Å². The van der Waals surface area contributed by atoms with Crippen molar-refractivity contribution in [2.45, 2.75) is 58.5 Å². The van der Waals surface area contributed by atoms with Crippen LogP contribution in [0.4, 0.5) is 0 Å². The van der Waals surface area contributed by atoms with E-state index in [1.165, 1.54) is 19.3 Å². The smallest absolute Gasteiger partial charge is 0.123 e. The topological polar surface area (TPSA) is 40.7 Å². The molecule has 3 heteroatoms. The number of nitrogens with zero attached hydrogens (tertiary/aromatic N) is 1. The van der Waals surface area contributed by atoms with Crippen LogP contribution in [-0.4, -0.2) is 16.0 Å². The summed E-state index contributed by atoms with van der Waals surface area (Å²) in [6.45, 7) is 6.97. The normalized spacial score (nSPS) is 31.4. The Morgan fingerprint density at radius 1 is 1.47 bits per heavy atom. The van der Waals surface area contributed by atoms with Crippen LogP contribution in [0.25, 0.3) is 0 Å². The highest BCUT2D eigenvalue weighted by Crippen LogP contribution is 2.30. The molecule has 1 aromatic heterocycles. The summed E-state index contributed by atoms with van der Waals surface area (Å²) in [5.41, 5.74) is 0. The Morgan fingerprint density at radius 2 is 2.29 bits per heavy atom. The van der Waals surface area contributed by atoms with Gasteiger partial charge in [-0.3, -0.25) is 0 Å². The molecule has 4 atom stereocenters. The van der Waals surface area contributed by atoms with Crippen LogP contribution in [0.5, 0.6) is 0 Å². The number of aromatic nitrogens is 2. The molecule has 1 heterocycles. The zero-order chi connectivity index (χ0) is 12.3. The molecule has 4 unspecified atom stereocenters. The zero-order valence-electron chi connectivity index (χ0n) is 11.2. The van der Waals surface area contributed by atoms with Gasteiger partial charge in [0.05, 0.1) is 6.04 Å². The Morgan fingerprint density at radius 3 is 2.88 bits per heavy atom. The Labute approximate surface area is 104 Å². The van der Waals surface area contributed by atoms with E-state index < -0.39 is 0 Å². The van der Waals surface area contributed by atoms with Gasteiger partial charge in [0, 0.05) is 18.4 Å². The molecule has 0 aromatic carbocycles. The highest BCUT2D eigenvalue weighted by atomic mass is 15.0. The predicted octanol–water partition coefficient (Wildman–Crippen LogP) is 3.28. The van der Waals surface area contributed by atoms with Crippen LogP contribution in [0, 0.1) is 11.8 Å². The Hall–Kier alpha value is -0.830. The summed E-state index contributed by atoms with van der Waals surface area (Å²) < 4.78 is 0. The number of imidazole rings is 1. The number of hydrogen-bond donors (Lipinski definition) is 2. The molecule has 0 saturated heterocycles. The SMILES string of the molecule is CCC(NC1CCC(C)CC1C)c1ncc[nH]1. The van der Waals surface area contributed by atoms with Crippen LogP contribution in [-0.2, 0) is 0 Å². The molecule has 96 valence electrons. The summed E-state index contributed by atoms with van der Waals surface area (Å²) in [5, 5.41) is 3.78. The molecule has 0 spiro atoms. The van der Waals surface area contributed by atoms with Gasteiger partial charge in [-0.15, -0.1) is 0 Å². The number of aromatic amines is 1. The predicted molar refractivity (Wildman–Crippen MR) is 70.7 cm³/mol. The second-order valence-electron chi connectivity index (χ2n) is 5.60. The number of hydrogen-bond acceptors (Lipinski definition) is 2. The summed E-state index contributed by atoms with van der Waals surface area (Å²) in [6, 6.07) is 1.03. The van der Waals surface area contributed by atoms with Crippen molar-refractivity contribution in [3.63, 3.8) is 0 Å². The van der Waals surface area contributed by atoms with Crippen LogP contribution in [0.15, 0.2) is 12.4 Å². The first-order valence-corrected chi connectivity index (χ1v) is 6.96. The van der Waals surface area contributed by atoms with Gasteiger partial charge in [-0.2, -0.15) is 0 Å². The molecule has 1 aromatic rings. The highest BCUT2D eigenvalue weighted by molar-refractivity contribution is 4.97. The van der Waals surface area contributed by atoms with Crippen LogP contribution < -0.4 is 5.32 Å². The van der Waals surface area contributed by atoms with E-state index in [0.717, 1.165) is 24.1 Å². The van der Waals surface area contributed by atoms with Gasteiger partial charge < -0.3 is 10.3 Å². The molecular formula is C14H25N3. The van der Waals surface area contributed by atoms with Crippen LogP contribution in [0.3, 0.4) is 0 Å². The van der Waals surface area contributed by atoms with Crippen molar-refractivity contribution in [1.82, 2.24) is 15.3 Å². The minimum absolute atomic E-state index is 0.380. The van der Waals surface area contributed by atoms with Crippen molar-refractivity contribution in [3.8, 4) is 0 Å². The standard InChI is InChI=1S/C14H25N3/c1-4-12(14-15-7-8-16-14)17-13-6-5-10(2)9-11(13)3/h7-8,10-13,17H,4-6,9H2,1-3H3,(H,15,16). The average molecular weight is 235 g/mol. The fourth-order valence-electron chi connectivity index (χ4n) is 3.03. The van der Waals surface area contributed by atoms with Crippen LogP contribution >= 0.6 is 0 Å². The van der Waals surface area contributed by atoms with Gasteiger partial charge in [0.15, 0.2) is 0 Å². The minimum Gasteiger partial charge on any atom is -0.347 e. The summed E-state index contributed by atoms with van der Waals surface area (Å²) in [5.74, 6) is 2.76. The molecule has 1 aliphatic carbocycles. The van der Waals surface area contributed by atoms with Gasteiger partial charge in [0.1, 0.15) is 5.82 Å². The van der Waals surface area contributed by atoms with Gasteiger partial charge in [-0.05, 0) is 37.5 Å². The molecule has 1 fully saturated rings. The minimum atomic E-state index is 0.380. The largest absolute Gasteiger partial charge is 0.347 e. The lowest BCUT2D eigenvalue weighted by Crippen LogP contribution is -2.41. The second-order valence-corrected chi connectivity index (χ2v) is 5.60. The van der Waals surface area contributed by atoms with E-state index in [4.69, 9.17) is 0 Å². The maximum absolute atomic E-state index is 4.37. The molecule has 2 rings (SSSR count). The van der Waals surface area contributed by atoms with E-state index >= 15 is 0 Å². The van der Waals surface area contributed by atoms with Crippen molar-refractivity contribution in [1.29, 1.82) is 0 Å². The van der Waals surface area contributed by atoms with Crippen molar-refractivity contribution in [2.75, 3.05) is 0 Å². The van der Waals surface area contributed by atoms with Crippen molar-refractivity contribution < 1.29 is 0 Å². The lowest BCUT2D eigenvalue weighted by molar-refractivity contribution is 0.210. The fraction of sp³-hybridized carbons (Fsp3) is 0.786. The van der Waals surface area contributed by atoms with Crippen LogP contribution in [0.2, 0.25) is 0 Å². The van der Waals surface area contributed by atoms with Gasteiger partial charge in [-0.1, -0.05) is 20.8 Å². The molecule has 0 amide bonds. The Balaban J connectivity index is 1.95. The number of nitrogens with one attached hydrogen (secondary N) is 2. The molecule has 1 saturated carbocycles. The molecule has 1 aliphatic rings. The summed E-state index contributed by atoms with van der Waals surface area (Å²) in [6.07, 6.45) is 8.85. The van der Waals surface area contributed by atoms with E-state index in [-0.39, 0.29) is 0 Å². The molecule has 17 heavy (non-hydrogen) atoms. The monoisotopic (exact) mass is 235 g/mol. The van der Waals surface area contributed by atoms with Crippen LogP contribution in [0.1, 0.15) is 58.3 Å². The zero-order valence-corrected chi connectivity index (χ0v) is 11.2. The van der Waals surface area contributed by atoms with E-state index in [1.807, 2.05) is 12.4 Å². The second kappa shape index (κ2) is 5.67. The van der Waals surface area contributed by atoms with E-state index in [0.29, 0.717) is 12.1 Å². The van der Waals surface area contributed by atoms with Crippen molar-refractivity contribution in [2.24, 2.45) is 11.8 Å². The molecule has 0 aliphatic heterocycles. The van der Waals surface area contributed by atoms with Gasteiger partial charge >= 0.3 is 0 Å². The summed E-state index contributed by atoms with van der Waals surface area (Å²) in [4.78, 5) is 7.60. The fourth-order valence-corrected chi connectivity index (χ4v) is 3.03. The highest BCUT2D eigenvalue weighted by Gasteiger charge is 2.27. The number of rotatable bonds is 4. The lowest BCUT2D eigenvalue weighted by atomic mass is 9.79. The van der Waals surface area contributed by atoms with Crippen molar-refractivity contribution >= 4 is 0 Å². The van der Waals surface area contributed by atoms with E-state index in [2.05, 4.69) is 36.1 Å².